The summed E-state index contributed by atoms with van der Waals surface area (Å²) >= 11 is 1.26. The summed E-state index contributed by atoms with van der Waals surface area (Å²) in [6, 6.07) is 13.7. The van der Waals surface area contributed by atoms with Crippen molar-refractivity contribution in [3.05, 3.63) is 90.6 Å². The van der Waals surface area contributed by atoms with E-state index < -0.39 is 12.0 Å². The number of aromatic hydroxyl groups is 1. The number of carbonyl (C=O) groups is 1. The molecule has 0 unspecified atom stereocenters. The molecule has 3 aromatic rings. The highest BCUT2D eigenvalue weighted by Crippen LogP contribution is 2.32. The van der Waals surface area contributed by atoms with Crippen LogP contribution in [0.2, 0.25) is 0 Å². The zero-order chi connectivity index (χ0) is 23.5. The number of phenols is 1. The van der Waals surface area contributed by atoms with Crippen LogP contribution in [0.1, 0.15) is 37.4 Å². The Bertz CT molecular complexity index is 1400. The van der Waals surface area contributed by atoms with Gasteiger partial charge in [0.2, 0.25) is 0 Å². The minimum absolute atomic E-state index is 0.0369. The number of rotatable bonds is 6. The number of ether oxygens (including phenoxy) is 2. The van der Waals surface area contributed by atoms with Crippen molar-refractivity contribution < 1.29 is 19.4 Å². The molecule has 0 amide bonds. The van der Waals surface area contributed by atoms with Crippen LogP contribution >= 0.6 is 11.3 Å². The Kier molecular flexibility index (Phi) is 6.46. The van der Waals surface area contributed by atoms with Gasteiger partial charge >= 0.3 is 5.97 Å². The second-order valence-corrected chi connectivity index (χ2v) is 8.37. The molecule has 0 fully saturated rings. The lowest BCUT2D eigenvalue weighted by Gasteiger charge is -2.25. The molecule has 1 N–H and O–H groups in total. The van der Waals surface area contributed by atoms with Crippen molar-refractivity contribution in [3.63, 3.8) is 0 Å². The first-order valence-electron chi connectivity index (χ1n) is 10.6. The second-order valence-electron chi connectivity index (χ2n) is 7.36. The highest BCUT2D eigenvalue weighted by molar-refractivity contribution is 7.07. The topological polar surface area (TPSA) is 90.1 Å². The van der Waals surface area contributed by atoms with Crippen LogP contribution in [-0.4, -0.2) is 29.4 Å². The molecule has 2 heterocycles. The second kappa shape index (κ2) is 9.46. The maximum Gasteiger partial charge on any atom is 0.338 e. The van der Waals surface area contributed by atoms with Crippen molar-refractivity contribution in [3.8, 4) is 11.5 Å². The molecule has 2 aromatic carbocycles. The molecule has 8 heteroatoms. The van der Waals surface area contributed by atoms with Crippen LogP contribution in [-0.2, 0) is 9.53 Å². The van der Waals surface area contributed by atoms with E-state index >= 15 is 0 Å². The quantitative estimate of drug-likeness (QED) is 0.567. The monoisotopic (exact) mass is 464 g/mol. The zero-order valence-corrected chi connectivity index (χ0v) is 19.4. The van der Waals surface area contributed by atoms with E-state index in [0.29, 0.717) is 44.9 Å². The summed E-state index contributed by atoms with van der Waals surface area (Å²) in [6.45, 7) is 4.16. The molecule has 0 spiro atoms. The first kappa shape index (κ1) is 22.5. The standard InChI is InChI=1S/C25H24N2O5S/c1-4-17-21(24(30)31-3)22(16-9-7-6-8-10-16)27-23(29)20(33-25(27)26-17)14-15-11-12-18(28)19(13-15)32-5-2/h6-14,22,28H,4-5H2,1-3H3/b20-14-/t22-/m0/s1. The molecule has 0 radical (unpaired) electrons. The Morgan fingerprint density at radius 1 is 1.21 bits per heavy atom. The third-order valence-corrected chi connectivity index (χ3v) is 6.33. The molecule has 33 heavy (non-hydrogen) atoms. The van der Waals surface area contributed by atoms with Gasteiger partial charge in [0.1, 0.15) is 0 Å². The van der Waals surface area contributed by atoms with Crippen molar-refractivity contribution in [1.29, 1.82) is 0 Å². The first-order valence-corrected chi connectivity index (χ1v) is 11.4. The maximum absolute atomic E-state index is 13.6. The smallest absolute Gasteiger partial charge is 0.338 e. The van der Waals surface area contributed by atoms with E-state index in [1.54, 1.807) is 22.8 Å². The third-order valence-electron chi connectivity index (χ3n) is 5.35. The van der Waals surface area contributed by atoms with E-state index in [2.05, 4.69) is 4.99 Å². The summed E-state index contributed by atoms with van der Waals surface area (Å²) in [5, 5.41) is 9.97. The number of methoxy groups -OCH3 is 1. The molecular weight excluding hydrogens is 440 g/mol. The van der Waals surface area contributed by atoms with Gasteiger partial charge in [-0.2, -0.15) is 0 Å². The fourth-order valence-electron chi connectivity index (χ4n) is 3.86. The Hall–Kier alpha value is -3.65. The number of fused-ring (bicyclic) bond motifs is 1. The molecule has 0 saturated heterocycles. The van der Waals surface area contributed by atoms with Crippen LogP contribution in [0.15, 0.2) is 69.6 Å². The number of hydrogen-bond donors (Lipinski definition) is 1. The summed E-state index contributed by atoms with van der Waals surface area (Å²) in [7, 11) is 1.33. The van der Waals surface area contributed by atoms with Gasteiger partial charge in [0, 0.05) is 0 Å². The van der Waals surface area contributed by atoms with Crippen LogP contribution in [0, 0.1) is 0 Å². The molecule has 0 aliphatic carbocycles. The normalized spacial score (nSPS) is 15.7. The van der Waals surface area contributed by atoms with Gasteiger partial charge in [0.15, 0.2) is 16.3 Å². The van der Waals surface area contributed by atoms with Crippen molar-refractivity contribution in [1.82, 2.24) is 4.57 Å². The van der Waals surface area contributed by atoms with E-state index in [9.17, 15) is 14.7 Å². The molecule has 1 aliphatic heterocycles. The van der Waals surface area contributed by atoms with Crippen LogP contribution in [0.4, 0.5) is 0 Å². The van der Waals surface area contributed by atoms with E-state index in [1.807, 2.05) is 44.2 Å². The van der Waals surface area contributed by atoms with E-state index in [-0.39, 0.29) is 11.3 Å². The number of benzene rings is 2. The highest BCUT2D eigenvalue weighted by atomic mass is 32.1. The van der Waals surface area contributed by atoms with Gasteiger partial charge in [0.25, 0.3) is 5.56 Å². The number of thiazole rings is 1. The highest BCUT2D eigenvalue weighted by Gasteiger charge is 2.33. The van der Waals surface area contributed by atoms with Crippen LogP contribution in [0.3, 0.4) is 0 Å². The van der Waals surface area contributed by atoms with Gasteiger partial charge in [-0.15, -0.1) is 0 Å². The Labute approximate surface area is 194 Å². The van der Waals surface area contributed by atoms with Crippen molar-refractivity contribution >= 4 is 23.4 Å². The largest absolute Gasteiger partial charge is 0.504 e. The Morgan fingerprint density at radius 2 is 1.97 bits per heavy atom. The van der Waals surface area contributed by atoms with Crippen LogP contribution in [0.25, 0.3) is 6.08 Å². The van der Waals surface area contributed by atoms with E-state index in [0.717, 1.165) is 5.56 Å². The Morgan fingerprint density at radius 3 is 2.64 bits per heavy atom. The average molecular weight is 465 g/mol. The number of hydrogen-bond acceptors (Lipinski definition) is 7. The number of phenolic OH excluding ortho intramolecular Hbond substituents is 1. The average Bonchev–Trinajstić information content (AvgIpc) is 3.14. The van der Waals surface area contributed by atoms with E-state index in [1.165, 1.54) is 24.5 Å². The number of esters is 1. The minimum atomic E-state index is -0.634. The van der Waals surface area contributed by atoms with Crippen molar-refractivity contribution in [2.24, 2.45) is 4.99 Å². The predicted molar refractivity (Wildman–Crippen MR) is 126 cm³/mol. The molecular formula is C25H24N2O5S. The van der Waals surface area contributed by atoms with Gasteiger partial charge in [-0.3, -0.25) is 9.36 Å². The number of aromatic nitrogens is 1. The number of nitrogens with zero attached hydrogens (tertiary/aromatic N) is 2. The summed E-state index contributed by atoms with van der Waals surface area (Å²) in [4.78, 5) is 31.5. The summed E-state index contributed by atoms with van der Waals surface area (Å²) in [6.07, 6.45) is 2.26. The Balaban J connectivity index is 1.95. The molecule has 4 rings (SSSR count). The van der Waals surface area contributed by atoms with Gasteiger partial charge in [0.05, 0.1) is 35.6 Å². The number of allylic oxidation sites excluding steroid dienone is 1. The molecule has 170 valence electrons. The fourth-order valence-corrected chi connectivity index (χ4v) is 4.88. The zero-order valence-electron chi connectivity index (χ0n) is 18.6. The first-order chi connectivity index (χ1) is 16.0. The molecule has 1 aliphatic rings. The van der Waals surface area contributed by atoms with Crippen LogP contribution < -0.4 is 19.6 Å². The minimum Gasteiger partial charge on any atom is -0.504 e. The van der Waals surface area contributed by atoms with Crippen molar-refractivity contribution in [2.75, 3.05) is 13.7 Å². The van der Waals surface area contributed by atoms with Crippen molar-refractivity contribution in [2.45, 2.75) is 26.3 Å². The molecule has 0 bridgehead atoms. The SMILES string of the molecule is CCOc1cc(/C=c2\sc3n(c2=O)[C@@H](c2ccccc2)C(C(=O)OC)=C(CC)N=3)ccc1O. The molecule has 0 saturated carbocycles. The lowest BCUT2D eigenvalue weighted by molar-refractivity contribution is -0.136. The third kappa shape index (κ3) is 4.21. The molecule has 7 nitrogen and oxygen atoms in total. The van der Waals surface area contributed by atoms with Gasteiger partial charge in [-0.1, -0.05) is 54.7 Å². The van der Waals surface area contributed by atoms with Gasteiger partial charge < -0.3 is 14.6 Å². The van der Waals surface area contributed by atoms with E-state index in [4.69, 9.17) is 9.47 Å². The summed E-state index contributed by atoms with van der Waals surface area (Å²) in [5.41, 5.74) is 2.23. The lowest BCUT2D eigenvalue weighted by Crippen LogP contribution is -2.40. The predicted octanol–water partition coefficient (Wildman–Crippen LogP) is 2.90. The molecule has 1 aromatic heterocycles. The summed E-state index contributed by atoms with van der Waals surface area (Å²) in [5.74, 6) is -0.115. The van der Waals surface area contributed by atoms with Crippen LogP contribution in [0.5, 0.6) is 11.5 Å². The lowest BCUT2D eigenvalue weighted by atomic mass is 9.95. The maximum atomic E-state index is 13.6. The van der Waals surface area contributed by atoms with Gasteiger partial charge in [-0.25, -0.2) is 9.79 Å². The molecule has 1 atom stereocenters. The summed E-state index contributed by atoms with van der Waals surface area (Å²) < 4.78 is 12.5. The van der Waals surface area contributed by atoms with Gasteiger partial charge in [-0.05, 0) is 42.7 Å². The number of carbonyl (C=O) groups excluding carboxylic acids is 1. The fraction of sp³-hybridized carbons (Fsp3) is 0.240.